The molecule has 0 amide bonds. The maximum Gasteiger partial charge on any atom is 0.0405 e. The van der Waals surface area contributed by atoms with Crippen molar-refractivity contribution in [2.45, 2.75) is 33.1 Å². The number of aryl methyl sites for hydroxylation is 1. The van der Waals surface area contributed by atoms with E-state index in [1.807, 2.05) is 14.0 Å². The highest BCUT2D eigenvalue weighted by Gasteiger charge is 2.00. The second kappa shape index (κ2) is 5.59. The standard InChI is InChI=1S/C14H21N/c1-5-6-7-13-8-10-14(11-9-13)15(4)12(2)3/h8-11H,2,5-7H2,1,3-4H3. The lowest BCUT2D eigenvalue weighted by Crippen LogP contribution is -2.12. The SMILES string of the molecule is C=C(C)N(C)c1ccc(CCCC)cc1. The molecule has 0 aromatic heterocycles. The van der Waals surface area contributed by atoms with E-state index >= 15 is 0 Å². The van der Waals surface area contributed by atoms with E-state index in [0.717, 1.165) is 5.70 Å². The molecule has 15 heavy (non-hydrogen) atoms. The lowest BCUT2D eigenvalue weighted by molar-refractivity contribution is 0.795. The lowest BCUT2D eigenvalue weighted by atomic mass is 10.1. The second-order valence-electron chi connectivity index (χ2n) is 4.06. The van der Waals surface area contributed by atoms with E-state index in [2.05, 4.69) is 42.7 Å². The maximum atomic E-state index is 3.93. The molecule has 0 bridgehead atoms. The summed E-state index contributed by atoms with van der Waals surface area (Å²) in [6, 6.07) is 8.76. The second-order valence-corrected chi connectivity index (χ2v) is 4.06. The molecule has 0 saturated heterocycles. The number of allylic oxidation sites excluding steroid dienone is 1. The zero-order valence-electron chi connectivity index (χ0n) is 10.1. The van der Waals surface area contributed by atoms with Crippen LogP contribution in [0.4, 0.5) is 5.69 Å². The van der Waals surface area contributed by atoms with Crippen LogP contribution in [0.1, 0.15) is 32.3 Å². The minimum atomic E-state index is 1.07. The van der Waals surface area contributed by atoms with Gasteiger partial charge in [0, 0.05) is 18.4 Å². The van der Waals surface area contributed by atoms with Gasteiger partial charge in [-0.15, -0.1) is 0 Å². The van der Waals surface area contributed by atoms with Gasteiger partial charge in [-0.25, -0.2) is 0 Å². The zero-order chi connectivity index (χ0) is 11.3. The topological polar surface area (TPSA) is 3.24 Å². The Morgan fingerprint density at radius 3 is 2.33 bits per heavy atom. The third-order valence-corrected chi connectivity index (χ3v) is 2.72. The molecule has 0 N–H and O–H groups in total. The molecule has 0 atom stereocenters. The molecule has 0 heterocycles. The summed E-state index contributed by atoms with van der Waals surface area (Å²) in [7, 11) is 2.05. The van der Waals surface area contributed by atoms with Gasteiger partial charge in [-0.3, -0.25) is 0 Å². The highest BCUT2D eigenvalue weighted by Crippen LogP contribution is 2.17. The summed E-state index contributed by atoms with van der Waals surface area (Å²) in [5, 5.41) is 0. The van der Waals surface area contributed by atoms with E-state index < -0.39 is 0 Å². The minimum Gasteiger partial charge on any atom is -0.349 e. The van der Waals surface area contributed by atoms with Crippen molar-refractivity contribution in [3.63, 3.8) is 0 Å². The Morgan fingerprint density at radius 2 is 1.87 bits per heavy atom. The van der Waals surface area contributed by atoms with Gasteiger partial charge in [0.25, 0.3) is 0 Å². The van der Waals surface area contributed by atoms with Crippen LogP contribution in [-0.4, -0.2) is 7.05 Å². The molecule has 0 radical (unpaired) electrons. The number of nitrogens with zero attached hydrogens (tertiary/aromatic N) is 1. The molecule has 0 aliphatic carbocycles. The highest BCUT2D eigenvalue weighted by atomic mass is 15.1. The van der Waals surface area contributed by atoms with Gasteiger partial charge in [-0.05, 0) is 37.5 Å². The molecular formula is C14H21N. The monoisotopic (exact) mass is 203 g/mol. The van der Waals surface area contributed by atoms with E-state index in [-0.39, 0.29) is 0 Å². The van der Waals surface area contributed by atoms with Crippen LogP contribution in [0.5, 0.6) is 0 Å². The van der Waals surface area contributed by atoms with Crippen molar-refractivity contribution in [2.24, 2.45) is 0 Å². The quantitative estimate of drug-likeness (QED) is 0.699. The van der Waals surface area contributed by atoms with Gasteiger partial charge < -0.3 is 4.90 Å². The van der Waals surface area contributed by atoms with Crippen LogP contribution in [-0.2, 0) is 6.42 Å². The molecule has 0 fully saturated rings. The van der Waals surface area contributed by atoms with E-state index in [0.29, 0.717) is 0 Å². The summed E-state index contributed by atoms with van der Waals surface area (Å²) in [6.45, 7) is 8.17. The van der Waals surface area contributed by atoms with Crippen LogP contribution in [0.25, 0.3) is 0 Å². The fourth-order valence-corrected chi connectivity index (χ4v) is 1.49. The number of rotatable bonds is 5. The first-order valence-corrected chi connectivity index (χ1v) is 5.63. The number of anilines is 1. The number of hydrogen-bond donors (Lipinski definition) is 0. The zero-order valence-corrected chi connectivity index (χ0v) is 10.1. The smallest absolute Gasteiger partial charge is 0.0405 e. The van der Waals surface area contributed by atoms with Crippen LogP contribution in [0.2, 0.25) is 0 Å². The number of benzene rings is 1. The number of unbranched alkanes of at least 4 members (excludes halogenated alkanes) is 1. The third kappa shape index (κ3) is 3.43. The van der Waals surface area contributed by atoms with Crippen LogP contribution in [0.3, 0.4) is 0 Å². The first-order chi connectivity index (χ1) is 7.15. The minimum absolute atomic E-state index is 1.07. The summed E-state index contributed by atoms with van der Waals surface area (Å²) in [5.41, 5.74) is 3.70. The Labute approximate surface area is 93.4 Å². The molecule has 1 heteroatoms. The van der Waals surface area contributed by atoms with E-state index in [1.54, 1.807) is 0 Å². The lowest BCUT2D eigenvalue weighted by Gasteiger charge is -2.19. The van der Waals surface area contributed by atoms with E-state index in [1.165, 1.54) is 30.5 Å². The van der Waals surface area contributed by atoms with Gasteiger partial charge in [0.15, 0.2) is 0 Å². The third-order valence-electron chi connectivity index (χ3n) is 2.72. The van der Waals surface area contributed by atoms with Gasteiger partial charge in [0.1, 0.15) is 0 Å². The summed E-state index contributed by atoms with van der Waals surface area (Å²) in [6.07, 6.45) is 3.72. The molecule has 1 aromatic carbocycles. The number of hydrogen-bond acceptors (Lipinski definition) is 1. The largest absolute Gasteiger partial charge is 0.349 e. The van der Waals surface area contributed by atoms with E-state index in [4.69, 9.17) is 0 Å². The van der Waals surface area contributed by atoms with Crippen molar-refractivity contribution in [3.05, 3.63) is 42.1 Å². The molecule has 1 nitrogen and oxygen atoms in total. The summed E-state index contributed by atoms with van der Waals surface area (Å²) >= 11 is 0. The Morgan fingerprint density at radius 1 is 1.27 bits per heavy atom. The first-order valence-electron chi connectivity index (χ1n) is 5.63. The van der Waals surface area contributed by atoms with Gasteiger partial charge in [0.05, 0.1) is 0 Å². The predicted molar refractivity (Wildman–Crippen MR) is 68.3 cm³/mol. The molecule has 82 valence electrons. The molecule has 0 saturated carbocycles. The molecule has 0 spiro atoms. The Kier molecular flexibility index (Phi) is 4.41. The molecular weight excluding hydrogens is 182 g/mol. The summed E-state index contributed by atoms with van der Waals surface area (Å²) < 4.78 is 0. The molecule has 1 aromatic rings. The Hall–Kier alpha value is -1.24. The normalized spacial score (nSPS) is 10.1. The van der Waals surface area contributed by atoms with Crippen LogP contribution >= 0.6 is 0 Å². The van der Waals surface area contributed by atoms with E-state index in [9.17, 15) is 0 Å². The molecule has 0 unspecified atom stereocenters. The predicted octanol–water partition coefficient (Wildman–Crippen LogP) is 4.00. The van der Waals surface area contributed by atoms with Crippen molar-refractivity contribution < 1.29 is 0 Å². The van der Waals surface area contributed by atoms with Crippen LogP contribution < -0.4 is 4.90 Å². The molecule has 0 aliphatic heterocycles. The fourth-order valence-electron chi connectivity index (χ4n) is 1.49. The van der Waals surface area contributed by atoms with Crippen molar-refractivity contribution in [2.75, 3.05) is 11.9 Å². The first kappa shape index (κ1) is 11.8. The summed E-state index contributed by atoms with van der Waals surface area (Å²) in [4.78, 5) is 2.10. The fraction of sp³-hybridized carbons (Fsp3) is 0.429. The summed E-state index contributed by atoms with van der Waals surface area (Å²) in [5.74, 6) is 0. The van der Waals surface area contributed by atoms with Crippen LogP contribution in [0.15, 0.2) is 36.5 Å². The van der Waals surface area contributed by atoms with Crippen molar-refractivity contribution in [3.8, 4) is 0 Å². The van der Waals surface area contributed by atoms with Crippen molar-refractivity contribution in [1.82, 2.24) is 0 Å². The van der Waals surface area contributed by atoms with Gasteiger partial charge in [-0.2, -0.15) is 0 Å². The van der Waals surface area contributed by atoms with Crippen molar-refractivity contribution in [1.29, 1.82) is 0 Å². The van der Waals surface area contributed by atoms with Gasteiger partial charge in [-0.1, -0.05) is 32.1 Å². The van der Waals surface area contributed by atoms with Gasteiger partial charge in [0.2, 0.25) is 0 Å². The Balaban J connectivity index is 2.67. The highest BCUT2D eigenvalue weighted by molar-refractivity contribution is 5.51. The average Bonchev–Trinajstić information content (AvgIpc) is 2.26. The Bertz CT molecular complexity index is 311. The van der Waals surface area contributed by atoms with Crippen LogP contribution in [0, 0.1) is 0 Å². The molecule has 1 rings (SSSR count). The maximum absolute atomic E-state index is 3.93. The molecule has 0 aliphatic rings. The average molecular weight is 203 g/mol. The van der Waals surface area contributed by atoms with Crippen molar-refractivity contribution >= 4 is 5.69 Å². The van der Waals surface area contributed by atoms with Gasteiger partial charge >= 0.3 is 0 Å².